The van der Waals surface area contributed by atoms with Crippen LogP contribution in [0.15, 0.2) is 59.5 Å². The second-order valence-electron chi connectivity index (χ2n) is 4.57. The molecule has 0 heterocycles. The average Bonchev–Trinajstić information content (AvgIpc) is 2.48. The highest BCUT2D eigenvalue weighted by Gasteiger charge is 2.16. The fourth-order valence-corrected chi connectivity index (χ4v) is 2.81. The van der Waals surface area contributed by atoms with Gasteiger partial charge < -0.3 is 0 Å². The van der Waals surface area contributed by atoms with Crippen molar-refractivity contribution in [1.82, 2.24) is 0 Å². The smallest absolute Gasteiger partial charge is 0.175 e. The van der Waals surface area contributed by atoms with Gasteiger partial charge in [0.2, 0.25) is 0 Å². The molecule has 0 bridgehead atoms. The van der Waals surface area contributed by atoms with Crippen LogP contribution in [0.2, 0.25) is 0 Å². The van der Waals surface area contributed by atoms with Crippen molar-refractivity contribution in [2.75, 3.05) is 0 Å². The van der Waals surface area contributed by atoms with E-state index in [0.29, 0.717) is 5.56 Å². The van der Waals surface area contributed by atoms with E-state index in [-0.39, 0.29) is 16.8 Å². The van der Waals surface area contributed by atoms with Gasteiger partial charge in [-0.3, -0.25) is 9.59 Å². The Morgan fingerprint density at radius 3 is 2.05 bits per heavy atom. The molecule has 1 atom stereocenters. The number of hydrogen-bond acceptors (Lipinski definition) is 3. The summed E-state index contributed by atoms with van der Waals surface area (Å²) >= 11 is 1.51. The first-order chi connectivity index (χ1) is 9.58. The zero-order chi connectivity index (χ0) is 14.5. The van der Waals surface area contributed by atoms with Crippen molar-refractivity contribution in [1.29, 1.82) is 0 Å². The van der Waals surface area contributed by atoms with Crippen molar-refractivity contribution in [2.24, 2.45) is 0 Å². The zero-order valence-corrected chi connectivity index (χ0v) is 12.3. The van der Waals surface area contributed by atoms with Gasteiger partial charge in [0.25, 0.3) is 0 Å². The van der Waals surface area contributed by atoms with E-state index in [1.165, 1.54) is 11.8 Å². The van der Waals surface area contributed by atoms with Crippen LogP contribution >= 0.6 is 11.8 Å². The fourth-order valence-electron chi connectivity index (χ4n) is 1.86. The first-order valence-corrected chi connectivity index (χ1v) is 7.33. The van der Waals surface area contributed by atoms with Gasteiger partial charge in [0.1, 0.15) is 0 Å². The Morgan fingerprint density at radius 2 is 1.50 bits per heavy atom. The monoisotopic (exact) mass is 284 g/mol. The van der Waals surface area contributed by atoms with E-state index in [9.17, 15) is 9.59 Å². The molecule has 3 heteroatoms. The summed E-state index contributed by atoms with van der Waals surface area (Å²) < 4.78 is 0. The van der Waals surface area contributed by atoms with Crippen molar-refractivity contribution in [3.05, 3.63) is 65.7 Å². The highest BCUT2D eigenvalue weighted by Crippen LogP contribution is 2.26. The topological polar surface area (TPSA) is 34.1 Å². The van der Waals surface area contributed by atoms with Crippen molar-refractivity contribution in [3.8, 4) is 0 Å². The predicted octanol–water partition coefficient (Wildman–Crippen LogP) is 4.25. The van der Waals surface area contributed by atoms with Crippen molar-refractivity contribution in [3.63, 3.8) is 0 Å². The quantitative estimate of drug-likeness (QED) is 0.608. The highest BCUT2D eigenvalue weighted by molar-refractivity contribution is 8.00. The van der Waals surface area contributed by atoms with Crippen LogP contribution in [0.5, 0.6) is 0 Å². The lowest BCUT2D eigenvalue weighted by Crippen LogP contribution is -2.13. The number of benzene rings is 2. The minimum absolute atomic E-state index is 0.0509. The Kier molecular flexibility index (Phi) is 4.74. The molecule has 0 aliphatic heterocycles. The molecule has 2 nitrogen and oxygen atoms in total. The first kappa shape index (κ1) is 14.5. The SMILES string of the molecule is CC(=O)c1ccc(SC(C)C(=O)c2ccccc2)cc1. The second kappa shape index (κ2) is 6.53. The van der Waals surface area contributed by atoms with Crippen molar-refractivity contribution in [2.45, 2.75) is 24.0 Å². The number of ketones is 2. The number of thioether (sulfide) groups is 1. The van der Waals surface area contributed by atoms with Crippen LogP contribution in [0.1, 0.15) is 34.6 Å². The molecular formula is C17H16O2S. The standard InChI is InChI=1S/C17H16O2S/c1-12(18)14-8-10-16(11-9-14)20-13(2)17(19)15-6-4-3-5-7-15/h3-11,13H,1-2H3. The summed E-state index contributed by atoms with van der Waals surface area (Å²) in [4.78, 5) is 24.5. The molecule has 0 N–H and O–H groups in total. The molecular weight excluding hydrogens is 268 g/mol. The molecule has 0 aliphatic rings. The normalized spacial score (nSPS) is 11.9. The molecule has 2 aromatic rings. The summed E-state index contributed by atoms with van der Waals surface area (Å²) in [6, 6.07) is 16.7. The van der Waals surface area contributed by atoms with Crippen LogP contribution in [0, 0.1) is 0 Å². The molecule has 0 spiro atoms. The van der Waals surface area contributed by atoms with Gasteiger partial charge in [0.05, 0.1) is 5.25 Å². The molecule has 0 aliphatic carbocycles. The van der Waals surface area contributed by atoms with Crippen LogP contribution < -0.4 is 0 Å². The van der Waals surface area contributed by atoms with Gasteiger partial charge in [0, 0.05) is 16.0 Å². The maximum absolute atomic E-state index is 12.2. The Bertz CT molecular complexity index is 603. The predicted molar refractivity (Wildman–Crippen MR) is 82.5 cm³/mol. The molecule has 102 valence electrons. The Labute approximate surface area is 123 Å². The molecule has 20 heavy (non-hydrogen) atoms. The third-order valence-corrected chi connectivity index (χ3v) is 4.11. The number of rotatable bonds is 5. The molecule has 2 aromatic carbocycles. The molecule has 0 saturated carbocycles. The minimum atomic E-state index is -0.152. The van der Waals surface area contributed by atoms with Crippen molar-refractivity contribution >= 4 is 23.3 Å². The van der Waals surface area contributed by atoms with Gasteiger partial charge >= 0.3 is 0 Å². The van der Waals surface area contributed by atoms with E-state index in [4.69, 9.17) is 0 Å². The van der Waals surface area contributed by atoms with Crippen LogP contribution in [0.4, 0.5) is 0 Å². The Morgan fingerprint density at radius 1 is 0.900 bits per heavy atom. The molecule has 1 unspecified atom stereocenters. The maximum atomic E-state index is 12.2. The molecule has 2 rings (SSSR count). The van der Waals surface area contributed by atoms with Gasteiger partial charge in [-0.15, -0.1) is 11.8 Å². The Hall–Kier alpha value is -1.87. The average molecular weight is 284 g/mol. The third-order valence-electron chi connectivity index (χ3n) is 3.00. The molecule has 0 aromatic heterocycles. The summed E-state index contributed by atoms with van der Waals surface area (Å²) in [5, 5.41) is -0.152. The summed E-state index contributed by atoms with van der Waals surface area (Å²) in [5.41, 5.74) is 1.42. The van der Waals surface area contributed by atoms with Crippen LogP contribution in [-0.2, 0) is 0 Å². The lowest BCUT2D eigenvalue weighted by Gasteiger charge is -2.10. The van der Waals surface area contributed by atoms with Crippen molar-refractivity contribution < 1.29 is 9.59 Å². The Balaban J connectivity index is 2.06. The molecule has 0 radical (unpaired) electrons. The van der Waals surface area contributed by atoms with E-state index in [2.05, 4.69) is 0 Å². The third kappa shape index (κ3) is 3.58. The van der Waals surface area contributed by atoms with E-state index in [1.54, 1.807) is 19.1 Å². The largest absolute Gasteiger partial charge is 0.295 e. The van der Waals surface area contributed by atoms with Crippen LogP contribution in [0.25, 0.3) is 0 Å². The number of carbonyl (C=O) groups is 2. The first-order valence-electron chi connectivity index (χ1n) is 6.45. The molecule has 0 fully saturated rings. The molecule has 0 amide bonds. The van der Waals surface area contributed by atoms with Crippen LogP contribution in [-0.4, -0.2) is 16.8 Å². The van der Waals surface area contributed by atoms with E-state index in [1.807, 2.05) is 49.4 Å². The lowest BCUT2D eigenvalue weighted by molar-refractivity contribution is 0.0991. The summed E-state index contributed by atoms with van der Waals surface area (Å²) in [7, 11) is 0. The number of Topliss-reactive ketones (excluding diaryl/α,β-unsaturated/α-hetero) is 2. The van der Waals surface area contributed by atoms with E-state index >= 15 is 0 Å². The summed E-state index contributed by atoms with van der Waals surface area (Å²) in [5.74, 6) is 0.168. The van der Waals surface area contributed by atoms with Gasteiger partial charge in [-0.05, 0) is 26.0 Å². The van der Waals surface area contributed by atoms with E-state index in [0.717, 1.165) is 10.5 Å². The van der Waals surface area contributed by atoms with Gasteiger partial charge in [-0.25, -0.2) is 0 Å². The van der Waals surface area contributed by atoms with Gasteiger partial charge in [-0.1, -0.05) is 42.5 Å². The summed E-state index contributed by atoms with van der Waals surface area (Å²) in [6.07, 6.45) is 0. The molecule has 0 saturated heterocycles. The zero-order valence-electron chi connectivity index (χ0n) is 11.5. The highest BCUT2D eigenvalue weighted by atomic mass is 32.2. The minimum Gasteiger partial charge on any atom is -0.295 e. The van der Waals surface area contributed by atoms with Gasteiger partial charge in [0.15, 0.2) is 11.6 Å². The van der Waals surface area contributed by atoms with Gasteiger partial charge in [-0.2, -0.15) is 0 Å². The summed E-state index contributed by atoms with van der Waals surface area (Å²) in [6.45, 7) is 3.45. The number of hydrogen-bond donors (Lipinski definition) is 0. The fraction of sp³-hybridized carbons (Fsp3) is 0.176. The van der Waals surface area contributed by atoms with E-state index < -0.39 is 0 Å². The maximum Gasteiger partial charge on any atom is 0.175 e. The van der Waals surface area contributed by atoms with Crippen LogP contribution in [0.3, 0.4) is 0 Å². The lowest BCUT2D eigenvalue weighted by atomic mass is 10.1. The number of carbonyl (C=O) groups excluding carboxylic acids is 2. The second-order valence-corrected chi connectivity index (χ2v) is 5.99.